The fourth-order valence-corrected chi connectivity index (χ4v) is 2.92. The van der Waals surface area contributed by atoms with Gasteiger partial charge in [-0.15, -0.1) is 0 Å². The van der Waals surface area contributed by atoms with Crippen molar-refractivity contribution in [3.63, 3.8) is 0 Å². The third-order valence-corrected chi connectivity index (χ3v) is 4.28. The lowest BCUT2D eigenvalue weighted by Gasteiger charge is -2.32. The first-order valence-corrected chi connectivity index (χ1v) is 7.98. The summed E-state index contributed by atoms with van der Waals surface area (Å²) in [4.78, 5) is 14.2. The molecule has 0 radical (unpaired) electrons. The van der Waals surface area contributed by atoms with Crippen LogP contribution in [0.25, 0.3) is 0 Å². The third-order valence-electron chi connectivity index (χ3n) is 4.28. The van der Waals surface area contributed by atoms with Crippen LogP contribution in [-0.4, -0.2) is 39.7 Å². The van der Waals surface area contributed by atoms with Crippen molar-refractivity contribution in [2.24, 2.45) is 7.05 Å². The number of rotatable bonds is 4. The Bertz CT molecular complexity index is 723. The SMILES string of the molecule is Cn1ccc(C(=O)NC2CCN(Cc3ccc(F)cc3F)CC2)n1. The molecule has 1 aliphatic rings. The highest BCUT2D eigenvalue weighted by Gasteiger charge is 2.22. The summed E-state index contributed by atoms with van der Waals surface area (Å²) in [5.74, 6) is -1.24. The van der Waals surface area contributed by atoms with Crippen LogP contribution in [0.4, 0.5) is 8.78 Å². The quantitative estimate of drug-likeness (QED) is 0.931. The van der Waals surface area contributed by atoms with Crippen LogP contribution in [0.1, 0.15) is 28.9 Å². The second kappa shape index (κ2) is 7.09. The summed E-state index contributed by atoms with van der Waals surface area (Å²) in [6.45, 7) is 1.96. The van der Waals surface area contributed by atoms with Gasteiger partial charge in [-0.25, -0.2) is 8.78 Å². The molecule has 2 heterocycles. The Hall–Kier alpha value is -2.28. The number of halogens is 2. The third kappa shape index (κ3) is 3.97. The van der Waals surface area contributed by atoms with E-state index in [9.17, 15) is 13.6 Å². The molecule has 0 atom stereocenters. The lowest BCUT2D eigenvalue weighted by atomic mass is 10.0. The smallest absolute Gasteiger partial charge is 0.271 e. The van der Waals surface area contributed by atoms with Gasteiger partial charge in [0.15, 0.2) is 0 Å². The predicted molar refractivity (Wildman–Crippen MR) is 85.3 cm³/mol. The van der Waals surface area contributed by atoms with Crippen LogP contribution < -0.4 is 5.32 Å². The highest BCUT2D eigenvalue weighted by atomic mass is 19.1. The van der Waals surface area contributed by atoms with Crippen molar-refractivity contribution >= 4 is 5.91 Å². The number of carbonyl (C=O) groups excluding carboxylic acids is 1. The topological polar surface area (TPSA) is 50.2 Å². The summed E-state index contributed by atoms with van der Waals surface area (Å²) >= 11 is 0. The van der Waals surface area contributed by atoms with Gasteiger partial charge in [0.1, 0.15) is 17.3 Å². The standard InChI is InChI=1S/C17H20F2N4O/c1-22-7-6-16(21-22)17(24)20-14-4-8-23(9-5-14)11-12-2-3-13(18)10-15(12)19/h2-3,6-7,10,14H,4-5,8-9,11H2,1H3,(H,20,24). The molecule has 1 aromatic carbocycles. The van der Waals surface area contributed by atoms with Gasteiger partial charge in [-0.3, -0.25) is 14.4 Å². The fourth-order valence-electron chi connectivity index (χ4n) is 2.92. The van der Waals surface area contributed by atoms with E-state index in [1.807, 2.05) is 0 Å². The number of likely N-dealkylation sites (tertiary alicyclic amines) is 1. The van der Waals surface area contributed by atoms with Crippen molar-refractivity contribution in [1.29, 1.82) is 0 Å². The van der Waals surface area contributed by atoms with Crippen LogP contribution in [0, 0.1) is 11.6 Å². The second-order valence-corrected chi connectivity index (χ2v) is 6.13. The van der Waals surface area contributed by atoms with Crippen molar-refractivity contribution in [3.05, 3.63) is 53.4 Å². The van der Waals surface area contributed by atoms with Crippen molar-refractivity contribution in [2.45, 2.75) is 25.4 Å². The van der Waals surface area contributed by atoms with Gasteiger partial charge in [0.2, 0.25) is 0 Å². The molecule has 3 rings (SSSR count). The highest BCUT2D eigenvalue weighted by molar-refractivity contribution is 5.92. The molecule has 0 saturated carbocycles. The number of aryl methyl sites for hydroxylation is 1. The number of carbonyl (C=O) groups is 1. The van der Waals surface area contributed by atoms with Crippen LogP contribution in [0.3, 0.4) is 0 Å². The summed E-state index contributed by atoms with van der Waals surface area (Å²) in [5.41, 5.74) is 0.903. The minimum atomic E-state index is -0.563. The first-order valence-electron chi connectivity index (χ1n) is 7.98. The number of benzene rings is 1. The van der Waals surface area contributed by atoms with Crippen molar-refractivity contribution in [3.8, 4) is 0 Å². The van der Waals surface area contributed by atoms with Crippen LogP contribution >= 0.6 is 0 Å². The van der Waals surface area contributed by atoms with Gasteiger partial charge < -0.3 is 5.32 Å². The highest BCUT2D eigenvalue weighted by Crippen LogP contribution is 2.17. The number of nitrogens with zero attached hydrogens (tertiary/aromatic N) is 3. The Morgan fingerprint density at radius 2 is 2.04 bits per heavy atom. The maximum absolute atomic E-state index is 13.7. The molecule has 1 fully saturated rings. The maximum Gasteiger partial charge on any atom is 0.271 e. The Kier molecular flexibility index (Phi) is 4.89. The molecule has 1 N–H and O–H groups in total. The summed E-state index contributed by atoms with van der Waals surface area (Å²) in [6, 6.07) is 5.45. The summed E-state index contributed by atoms with van der Waals surface area (Å²) in [7, 11) is 1.77. The van der Waals surface area contributed by atoms with E-state index >= 15 is 0 Å². The van der Waals surface area contributed by atoms with Gasteiger partial charge in [-0.2, -0.15) is 5.10 Å². The van der Waals surface area contributed by atoms with E-state index in [1.165, 1.54) is 12.1 Å². The minimum absolute atomic E-state index is 0.0915. The summed E-state index contributed by atoms with van der Waals surface area (Å²) in [6.07, 6.45) is 3.32. The molecule has 128 valence electrons. The fraction of sp³-hybridized carbons (Fsp3) is 0.412. The lowest BCUT2D eigenvalue weighted by molar-refractivity contribution is 0.0903. The zero-order chi connectivity index (χ0) is 17.1. The first kappa shape index (κ1) is 16.6. The van der Waals surface area contributed by atoms with E-state index in [-0.39, 0.29) is 11.9 Å². The van der Waals surface area contributed by atoms with Crippen LogP contribution in [-0.2, 0) is 13.6 Å². The Morgan fingerprint density at radius 3 is 2.67 bits per heavy atom. The van der Waals surface area contributed by atoms with Gasteiger partial charge >= 0.3 is 0 Å². The summed E-state index contributed by atoms with van der Waals surface area (Å²) in [5, 5.41) is 7.07. The molecular weight excluding hydrogens is 314 g/mol. The minimum Gasteiger partial charge on any atom is -0.348 e. The zero-order valence-corrected chi connectivity index (χ0v) is 13.5. The molecule has 0 spiro atoms. The molecule has 0 unspecified atom stereocenters. The van der Waals surface area contributed by atoms with E-state index in [0.717, 1.165) is 32.0 Å². The zero-order valence-electron chi connectivity index (χ0n) is 13.5. The van der Waals surface area contributed by atoms with Crippen LogP contribution in [0.2, 0.25) is 0 Å². The largest absolute Gasteiger partial charge is 0.348 e. The molecular formula is C17H20F2N4O. The molecule has 7 heteroatoms. The van der Waals surface area contributed by atoms with E-state index < -0.39 is 11.6 Å². The molecule has 1 saturated heterocycles. The lowest BCUT2D eigenvalue weighted by Crippen LogP contribution is -2.44. The number of hydrogen-bond acceptors (Lipinski definition) is 3. The number of nitrogens with one attached hydrogen (secondary N) is 1. The Balaban J connectivity index is 1.49. The number of hydrogen-bond donors (Lipinski definition) is 1. The van der Waals surface area contributed by atoms with Gasteiger partial charge in [0.05, 0.1) is 0 Å². The molecule has 5 nitrogen and oxygen atoms in total. The van der Waals surface area contributed by atoms with Gasteiger partial charge in [0, 0.05) is 50.6 Å². The Labute approximate surface area is 139 Å². The average molecular weight is 334 g/mol. The maximum atomic E-state index is 13.7. The van der Waals surface area contributed by atoms with E-state index in [2.05, 4.69) is 15.3 Å². The van der Waals surface area contributed by atoms with Gasteiger partial charge in [-0.05, 0) is 25.0 Å². The van der Waals surface area contributed by atoms with Crippen molar-refractivity contribution < 1.29 is 13.6 Å². The number of aromatic nitrogens is 2. The molecule has 1 aliphatic heterocycles. The summed E-state index contributed by atoms with van der Waals surface area (Å²) < 4.78 is 28.2. The molecule has 24 heavy (non-hydrogen) atoms. The van der Waals surface area contributed by atoms with Crippen molar-refractivity contribution in [1.82, 2.24) is 20.0 Å². The molecule has 2 aromatic rings. The Morgan fingerprint density at radius 1 is 1.29 bits per heavy atom. The monoisotopic (exact) mass is 334 g/mol. The molecule has 0 bridgehead atoms. The molecule has 1 amide bonds. The van der Waals surface area contributed by atoms with Crippen LogP contribution in [0.5, 0.6) is 0 Å². The molecule has 0 aliphatic carbocycles. The van der Waals surface area contributed by atoms with E-state index in [4.69, 9.17) is 0 Å². The number of amides is 1. The van der Waals surface area contributed by atoms with E-state index in [0.29, 0.717) is 17.8 Å². The van der Waals surface area contributed by atoms with Crippen molar-refractivity contribution in [2.75, 3.05) is 13.1 Å². The van der Waals surface area contributed by atoms with E-state index in [1.54, 1.807) is 24.0 Å². The van der Waals surface area contributed by atoms with Gasteiger partial charge in [-0.1, -0.05) is 6.07 Å². The number of piperidine rings is 1. The normalized spacial score (nSPS) is 16.3. The first-order chi connectivity index (χ1) is 11.5. The predicted octanol–water partition coefficient (Wildman–Crippen LogP) is 2.09. The van der Waals surface area contributed by atoms with Gasteiger partial charge in [0.25, 0.3) is 5.91 Å². The molecule has 1 aromatic heterocycles. The second-order valence-electron chi connectivity index (χ2n) is 6.13. The average Bonchev–Trinajstić information content (AvgIpc) is 2.98. The van der Waals surface area contributed by atoms with Crippen LogP contribution in [0.15, 0.2) is 30.5 Å².